The summed E-state index contributed by atoms with van der Waals surface area (Å²) in [5.41, 5.74) is 6.67. The van der Waals surface area contributed by atoms with Crippen LogP contribution in [-0.4, -0.2) is 23.7 Å². The minimum Gasteiger partial charge on any atom is -0.399 e. The van der Waals surface area contributed by atoms with Crippen LogP contribution >= 0.6 is 15.9 Å². The fourth-order valence-electron chi connectivity index (χ4n) is 1.68. The van der Waals surface area contributed by atoms with Crippen molar-refractivity contribution in [2.24, 2.45) is 5.92 Å². The van der Waals surface area contributed by atoms with Gasteiger partial charge in [-0.25, -0.2) is 0 Å². The van der Waals surface area contributed by atoms with Crippen LogP contribution in [0.5, 0.6) is 0 Å². The summed E-state index contributed by atoms with van der Waals surface area (Å²) in [6.07, 6.45) is 0.152. The Morgan fingerprint density at radius 1 is 1.44 bits per heavy atom. The molecule has 0 saturated carbocycles. The largest absolute Gasteiger partial charge is 0.399 e. The Morgan fingerprint density at radius 3 is 2.67 bits per heavy atom. The quantitative estimate of drug-likeness (QED) is 0.729. The summed E-state index contributed by atoms with van der Waals surface area (Å²) < 4.78 is 0.760. The lowest BCUT2D eigenvalue weighted by molar-refractivity contribution is 0.0900. The highest BCUT2D eigenvalue weighted by Crippen LogP contribution is 2.17. The van der Waals surface area contributed by atoms with Gasteiger partial charge in [-0.05, 0) is 30.5 Å². The summed E-state index contributed by atoms with van der Waals surface area (Å²) in [6.45, 7) is 4.31. The van der Waals surface area contributed by atoms with E-state index in [-0.39, 0.29) is 12.5 Å². The average molecular weight is 315 g/mol. The molecule has 1 atom stereocenters. The van der Waals surface area contributed by atoms with E-state index >= 15 is 0 Å². The summed E-state index contributed by atoms with van der Waals surface area (Å²) >= 11 is 3.28. The Bertz CT molecular complexity index is 401. The van der Waals surface area contributed by atoms with E-state index in [1.807, 2.05) is 13.8 Å². The number of carbonyl (C=O) groups is 1. The molecular weight excluding hydrogens is 296 g/mol. The molecule has 0 radical (unpaired) electrons. The van der Waals surface area contributed by atoms with Gasteiger partial charge in [0.2, 0.25) is 0 Å². The van der Waals surface area contributed by atoms with Crippen molar-refractivity contribution in [3.8, 4) is 0 Å². The standard InChI is InChI=1S/C13H19BrN2O2/c1-8(2)3-12(17)7-16-13(18)9-4-10(14)6-11(15)5-9/h4-6,8,12,17H,3,7,15H2,1-2H3,(H,16,18). The zero-order valence-electron chi connectivity index (χ0n) is 10.6. The van der Waals surface area contributed by atoms with E-state index in [0.717, 1.165) is 4.47 Å². The number of aliphatic hydroxyl groups is 1. The summed E-state index contributed by atoms with van der Waals surface area (Å²) in [5.74, 6) is 0.171. The van der Waals surface area contributed by atoms with Crippen LogP contribution in [0.15, 0.2) is 22.7 Å². The van der Waals surface area contributed by atoms with Crippen LogP contribution in [0, 0.1) is 5.92 Å². The van der Waals surface area contributed by atoms with Crippen LogP contribution in [0.2, 0.25) is 0 Å². The first-order chi connectivity index (χ1) is 8.38. The van der Waals surface area contributed by atoms with Gasteiger partial charge in [0.05, 0.1) is 6.10 Å². The highest BCUT2D eigenvalue weighted by atomic mass is 79.9. The van der Waals surface area contributed by atoms with E-state index in [4.69, 9.17) is 5.73 Å². The van der Waals surface area contributed by atoms with E-state index in [0.29, 0.717) is 23.6 Å². The van der Waals surface area contributed by atoms with Gasteiger partial charge < -0.3 is 16.2 Å². The lowest BCUT2D eigenvalue weighted by atomic mass is 10.1. The van der Waals surface area contributed by atoms with Gasteiger partial charge in [0.1, 0.15) is 0 Å². The first-order valence-electron chi connectivity index (χ1n) is 5.91. The number of hydrogen-bond donors (Lipinski definition) is 3. The number of benzene rings is 1. The molecule has 0 aliphatic rings. The maximum atomic E-state index is 11.8. The molecule has 0 fully saturated rings. The number of amides is 1. The second-order valence-electron chi connectivity index (χ2n) is 4.77. The van der Waals surface area contributed by atoms with Crippen LogP contribution in [0.25, 0.3) is 0 Å². The summed E-state index contributed by atoms with van der Waals surface area (Å²) in [6, 6.07) is 5.03. The highest BCUT2D eigenvalue weighted by Gasteiger charge is 2.11. The number of nitrogens with two attached hydrogens (primary N) is 1. The average Bonchev–Trinajstić information content (AvgIpc) is 2.23. The van der Waals surface area contributed by atoms with Gasteiger partial charge in [-0.1, -0.05) is 29.8 Å². The predicted molar refractivity (Wildman–Crippen MR) is 76.3 cm³/mol. The molecule has 0 aliphatic heterocycles. The third kappa shape index (κ3) is 5.06. The van der Waals surface area contributed by atoms with Crippen molar-refractivity contribution in [3.05, 3.63) is 28.2 Å². The maximum absolute atomic E-state index is 11.8. The van der Waals surface area contributed by atoms with Crippen molar-refractivity contribution in [3.63, 3.8) is 0 Å². The van der Waals surface area contributed by atoms with Crippen molar-refractivity contribution >= 4 is 27.5 Å². The SMILES string of the molecule is CC(C)CC(O)CNC(=O)c1cc(N)cc(Br)c1. The summed E-state index contributed by atoms with van der Waals surface area (Å²) in [7, 11) is 0. The molecule has 4 N–H and O–H groups in total. The van der Waals surface area contributed by atoms with Gasteiger partial charge >= 0.3 is 0 Å². The molecule has 1 aromatic carbocycles. The Morgan fingerprint density at radius 2 is 2.11 bits per heavy atom. The van der Waals surface area contributed by atoms with Gasteiger partial charge in [0.15, 0.2) is 0 Å². The molecule has 4 nitrogen and oxygen atoms in total. The van der Waals surface area contributed by atoms with E-state index < -0.39 is 6.10 Å². The van der Waals surface area contributed by atoms with Crippen molar-refractivity contribution in [2.45, 2.75) is 26.4 Å². The molecule has 5 heteroatoms. The normalized spacial score (nSPS) is 12.5. The fourth-order valence-corrected chi connectivity index (χ4v) is 2.19. The van der Waals surface area contributed by atoms with Crippen LogP contribution in [0.1, 0.15) is 30.6 Å². The lowest BCUT2D eigenvalue weighted by Gasteiger charge is -2.14. The molecule has 18 heavy (non-hydrogen) atoms. The van der Waals surface area contributed by atoms with E-state index in [1.165, 1.54) is 0 Å². The third-order valence-corrected chi connectivity index (χ3v) is 2.88. The first kappa shape index (κ1) is 15.0. The second kappa shape index (κ2) is 6.75. The van der Waals surface area contributed by atoms with Crippen LogP contribution in [-0.2, 0) is 0 Å². The number of hydrogen-bond acceptors (Lipinski definition) is 3. The molecule has 1 aromatic rings. The number of halogens is 1. The zero-order chi connectivity index (χ0) is 13.7. The zero-order valence-corrected chi connectivity index (χ0v) is 12.2. The highest BCUT2D eigenvalue weighted by molar-refractivity contribution is 9.10. The van der Waals surface area contributed by atoms with Crippen molar-refractivity contribution in [1.29, 1.82) is 0 Å². The van der Waals surface area contributed by atoms with Crippen molar-refractivity contribution in [1.82, 2.24) is 5.32 Å². The number of nitrogens with one attached hydrogen (secondary N) is 1. The van der Waals surface area contributed by atoms with E-state index in [1.54, 1.807) is 18.2 Å². The molecule has 1 amide bonds. The number of nitrogen functional groups attached to an aromatic ring is 1. The Kier molecular flexibility index (Phi) is 5.62. The molecule has 0 heterocycles. The van der Waals surface area contributed by atoms with E-state index in [9.17, 15) is 9.90 Å². The molecular formula is C13H19BrN2O2. The topological polar surface area (TPSA) is 75.3 Å². The second-order valence-corrected chi connectivity index (χ2v) is 5.68. The molecule has 0 saturated heterocycles. The van der Waals surface area contributed by atoms with Crippen molar-refractivity contribution in [2.75, 3.05) is 12.3 Å². The molecule has 0 aromatic heterocycles. The summed E-state index contributed by atoms with van der Waals surface area (Å²) in [4.78, 5) is 11.8. The lowest BCUT2D eigenvalue weighted by Crippen LogP contribution is -2.32. The molecule has 0 bridgehead atoms. The third-order valence-electron chi connectivity index (χ3n) is 2.42. The van der Waals surface area contributed by atoms with Crippen LogP contribution in [0.4, 0.5) is 5.69 Å². The fraction of sp³-hybridized carbons (Fsp3) is 0.462. The smallest absolute Gasteiger partial charge is 0.251 e. The Balaban J connectivity index is 2.55. The molecule has 0 spiro atoms. The number of carbonyl (C=O) groups excluding carboxylic acids is 1. The van der Waals surface area contributed by atoms with Gasteiger partial charge in [0, 0.05) is 22.3 Å². The summed E-state index contributed by atoms with van der Waals surface area (Å²) in [5, 5.41) is 12.4. The van der Waals surface area contributed by atoms with Gasteiger partial charge in [-0.2, -0.15) is 0 Å². The van der Waals surface area contributed by atoms with Gasteiger partial charge in [0.25, 0.3) is 5.91 Å². The van der Waals surface area contributed by atoms with Crippen molar-refractivity contribution < 1.29 is 9.90 Å². The molecule has 100 valence electrons. The van der Waals surface area contributed by atoms with E-state index in [2.05, 4.69) is 21.2 Å². The molecule has 0 aliphatic carbocycles. The van der Waals surface area contributed by atoms with Crippen LogP contribution in [0.3, 0.4) is 0 Å². The minimum atomic E-state index is -0.515. The maximum Gasteiger partial charge on any atom is 0.251 e. The van der Waals surface area contributed by atoms with Crippen LogP contribution < -0.4 is 11.1 Å². The minimum absolute atomic E-state index is 0.231. The van der Waals surface area contributed by atoms with Gasteiger partial charge in [-0.15, -0.1) is 0 Å². The number of anilines is 1. The number of rotatable bonds is 5. The first-order valence-corrected chi connectivity index (χ1v) is 6.70. The van der Waals surface area contributed by atoms with Gasteiger partial charge in [-0.3, -0.25) is 4.79 Å². The predicted octanol–water partition coefficient (Wildman–Crippen LogP) is 2.17. The number of aliphatic hydroxyl groups excluding tert-OH is 1. The molecule has 1 unspecified atom stereocenters. The monoisotopic (exact) mass is 314 g/mol. The Labute approximate surface area is 116 Å². The Hall–Kier alpha value is -1.07. The molecule has 1 rings (SSSR count).